The number of carbonyl (C=O) groups excluding carboxylic acids is 1. The molecule has 6 heteroatoms. The molecule has 3 heterocycles. The van der Waals surface area contributed by atoms with Crippen molar-refractivity contribution in [1.29, 1.82) is 0 Å². The number of piperidine rings is 1. The fourth-order valence-electron chi connectivity index (χ4n) is 3.77. The number of hydrogen-bond donors (Lipinski definition) is 0. The lowest BCUT2D eigenvalue weighted by molar-refractivity contribution is -0.134. The minimum Gasteiger partial charge on any atom is -0.482 e. The summed E-state index contributed by atoms with van der Waals surface area (Å²) in [4.78, 5) is 22.9. The first-order valence-corrected chi connectivity index (χ1v) is 9.83. The van der Waals surface area contributed by atoms with E-state index in [0.29, 0.717) is 11.7 Å². The van der Waals surface area contributed by atoms with Crippen molar-refractivity contribution in [2.45, 2.75) is 33.2 Å². The highest BCUT2D eigenvalue weighted by atomic mass is 16.5. The maximum absolute atomic E-state index is 12.4. The molecule has 1 aliphatic heterocycles. The van der Waals surface area contributed by atoms with Gasteiger partial charge in [0.05, 0.1) is 23.6 Å². The number of aromatic nitrogens is 3. The molecule has 28 heavy (non-hydrogen) atoms. The molecule has 0 atom stereocenters. The summed E-state index contributed by atoms with van der Waals surface area (Å²) in [6, 6.07) is 8.00. The Morgan fingerprint density at radius 3 is 2.75 bits per heavy atom. The number of likely N-dealkylation sites (tertiary alicyclic amines) is 1. The van der Waals surface area contributed by atoms with Crippen molar-refractivity contribution in [3.05, 3.63) is 54.1 Å². The van der Waals surface area contributed by atoms with Gasteiger partial charge in [-0.25, -0.2) is 4.98 Å². The van der Waals surface area contributed by atoms with Gasteiger partial charge in [0.1, 0.15) is 5.75 Å². The summed E-state index contributed by atoms with van der Waals surface area (Å²) < 4.78 is 7.80. The van der Waals surface area contributed by atoms with Gasteiger partial charge in [-0.05, 0) is 68.0 Å². The summed E-state index contributed by atoms with van der Waals surface area (Å²) in [6.07, 6.45) is 7.26. The number of hydrogen-bond acceptors (Lipinski definition) is 4. The molecule has 1 saturated heterocycles. The summed E-state index contributed by atoms with van der Waals surface area (Å²) in [5, 5.41) is 0. The van der Waals surface area contributed by atoms with Crippen LogP contribution in [0.4, 0.5) is 0 Å². The molecule has 0 bridgehead atoms. The predicted octanol–water partition coefficient (Wildman–Crippen LogP) is 3.37. The van der Waals surface area contributed by atoms with E-state index in [0.717, 1.165) is 38.0 Å². The van der Waals surface area contributed by atoms with Gasteiger partial charge >= 0.3 is 0 Å². The van der Waals surface area contributed by atoms with Crippen molar-refractivity contribution in [1.82, 2.24) is 19.4 Å². The molecular weight excluding hydrogens is 352 g/mol. The molecule has 2 aromatic heterocycles. The van der Waals surface area contributed by atoms with Gasteiger partial charge in [-0.1, -0.05) is 0 Å². The highest BCUT2D eigenvalue weighted by Crippen LogP contribution is 2.23. The van der Waals surface area contributed by atoms with Crippen LogP contribution in [0.15, 0.2) is 43.0 Å². The van der Waals surface area contributed by atoms with Crippen LogP contribution in [-0.2, 0) is 11.3 Å². The molecule has 0 unspecified atom stereocenters. The Hall–Kier alpha value is -2.89. The average molecular weight is 378 g/mol. The van der Waals surface area contributed by atoms with Gasteiger partial charge in [0.25, 0.3) is 5.91 Å². The van der Waals surface area contributed by atoms with Crippen molar-refractivity contribution >= 4 is 16.9 Å². The topological polar surface area (TPSA) is 60.2 Å². The first-order valence-electron chi connectivity index (χ1n) is 9.83. The first kappa shape index (κ1) is 18.5. The van der Waals surface area contributed by atoms with Crippen LogP contribution >= 0.6 is 0 Å². The first-order chi connectivity index (χ1) is 13.6. The number of nitrogens with zero attached hydrogens (tertiary/aromatic N) is 4. The third-order valence-corrected chi connectivity index (χ3v) is 5.66. The zero-order chi connectivity index (χ0) is 19.5. The minimum atomic E-state index is 0.0430. The summed E-state index contributed by atoms with van der Waals surface area (Å²) in [7, 11) is 0. The van der Waals surface area contributed by atoms with Crippen LogP contribution < -0.4 is 4.74 Å². The van der Waals surface area contributed by atoms with E-state index in [9.17, 15) is 4.79 Å². The van der Waals surface area contributed by atoms with E-state index in [1.165, 1.54) is 16.6 Å². The fraction of sp³-hybridized carbons (Fsp3) is 0.409. The van der Waals surface area contributed by atoms with Crippen LogP contribution in [0.25, 0.3) is 11.0 Å². The van der Waals surface area contributed by atoms with Crippen molar-refractivity contribution in [3.8, 4) is 5.75 Å². The molecule has 1 aliphatic rings. The van der Waals surface area contributed by atoms with Crippen molar-refractivity contribution in [3.63, 3.8) is 0 Å². The van der Waals surface area contributed by atoms with E-state index >= 15 is 0 Å². The number of benzene rings is 1. The lowest BCUT2D eigenvalue weighted by Gasteiger charge is -2.32. The number of pyridine rings is 1. The smallest absolute Gasteiger partial charge is 0.260 e. The Labute approximate surface area is 165 Å². The number of ether oxygens (including phenoxy) is 1. The standard InChI is InChI=1S/C22H26N4O2/c1-16-10-20-21(11-17(16)2)26(15-24-20)13-18-5-8-25(9-6-18)22(27)14-28-19-4-3-7-23-12-19/h3-4,7,10-12,15,18H,5-6,8-9,13-14H2,1-2H3. The monoisotopic (exact) mass is 378 g/mol. The Balaban J connectivity index is 1.31. The molecule has 0 N–H and O–H groups in total. The van der Waals surface area contributed by atoms with E-state index < -0.39 is 0 Å². The number of fused-ring (bicyclic) bond motifs is 1. The Morgan fingerprint density at radius 1 is 1.21 bits per heavy atom. The Bertz CT molecular complexity index is 959. The zero-order valence-corrected chi connectivity index (χ0v) is 16.5. The van der Waals surface area contributed by atoms with Gasteiger partial charge in [0, 0.05) is 25.8 Å². The molecule has 4 rings (SSSR count). The molecule has 146 valence electrons. The van der Waals surface area contributed by atoms with Crippen LogP contribution in [-0.4, -0.2) is 45.0 Å². The quantitative estimate of drug-likeness (QED) is 0.683. The second-order valence-electron chi connectivity index (χ2n) is 7.62. The largest absolute Gasteiger partial charge is 0.482 e. The van der Waals surface area contributed by atoms with Gasteiger partial charge < -0.3 is 14.2 Å². The van der Waals surface area contributed by atoms with Crippen LogP contribution in [0.2, 0.25) is 0 Å². The SMILES string of the molecule is Cc1cc2ncn(CC3CCN(C(=O)COc4cccnc4)CC3)c2cc1C. The summed E-state index contributed by atoms with van der Waals surface area (Å²) in [5.74, 6) is 1.23. The van der Waals surface area contributed by atoms with Crippen LogP contribution in [0.1, 0.15) is 24.0 Å². The molecular formula is C22H26N4O2. The molecule has 0 aliphatic carbocycles. The van der Waals surface area contributed by atoms with Gasteiger partial charge in [0.15, 0.2) is 6.61 Å². The normalized spacial score (nSPS) is 15.1. The maximum Gasteiger partial charge on any atom is 0.260 e. The van der Waals surface area contributed by atoms with Gasteiger partial charge in [0.2, 0.25) is 0 Å². The Kier molecular flexibility index (Phi) is 5.28. The molecule has 6 nitrogen and oxygen atoms in total. The van der Waals surface area contributed by atoms with Crippen LogP contribution in [0.5, 0.6) is 5.75 Å². The van der Waals surface area contributed by atoms with Crippen molar-refractivity contribution < 1.29 is 9.53 Å². The van der Waals surface area contributed by atoms with E-state index in [-0.39, 0.29) is 12.5 Å². The van der Waals surface area contributed by atoms with Gasteiger partial charge in [-0.3, -0.25) is 9.78 Å². The lowest BCUT2D eigenvalue weighted by atomic mass is 9.96. The lowest BCUT2D eigenvalue weighted by Crippen LogP contribution is -2.41. The summed E-state index contributed by atoms with van der Waals surface area (Å²) >= 11 is 0. The number of aryl methyl sites for hydroxylation is 2. The number of rotatable bonds is 5. The van der Waals surface area contributed by atoms with Crippen molar-refractivity contribution in [2.24, 2.45) is 5.92 Å². The third-order valence-electron chi connectivity index (χ3n) is 5.66. The maximum atomic E-state index is 12.4. The third kappa shape index (κ3) is 4.01. The molecule has 0 radical (unpaired) electrons. The highest BCUT2D eigenvalue weighted by molar-refractivity contribution is 5.78. The fourth-order valence-corrected chi connectivity index (χ4v) is 3.77. The van der Waals surface area contributed by atoms with E-state index in [1.807, 2.05) is 17.3 Å². The molecule has 1 fully saturated rings. The van der Waals surface area contributed by atoms with Gasteiger partial charge in [-0.2, -0.15) is 0 Å². The van der Waals surface area contributed by atoms with Crippen molar-refractivity contribution in [2.75, 3.05) is 19.7 Å². The second-order valence-corrected chi connectivity index (χ2v) is 7.62. The van der Waals surface area contributed by atoms with Gasteiger partial charge in [-0.15, -0.1) is 0 Å². The molecule has 0 saturated carbocycles. The second kappa shape index (κ2) is 8.00. The number of carbonyl (C=O) groups is 1. The minimum absolute atomic E-state index is 0.0430. The summed E-state index contributed by atoms with van der Waals surface area (Å²) in [6.45, 7) is 6.85. The highest BCUT2D eigenvalue weighted by Gasteiger charge is 2.23. The molecule has 1 aromatic carbocycles. The molecule has 1 amide bonds. The number of amides is 1. The number of imidazole rings is 1. The summed E-state index contributed by atoms with van der Waals surface area (Å²) in [5.41, 5.74) is 4.83. The van der Waals surface area contributed by atoms with Crippen LogP contribution in [0, 0.1) is 19.8 Å². The van der Waals surface area contributed by atoms with E-state index in [1.54, 1.807) is 18.5 Å². The van der Waals surface area contributed by atoms with E-state index in [2.05, 4.69) is 40.5 Å². The Morgan fingerprint density at radius 2 is 2.00 bits per heavy atom. The molecule has 3 aromatic rings. The van der Waals surface area contributed by atoms with Crippen LogP contribution in [0.3, 0.4) is 0 Å². The zero-order valence-electron chi connectivity index (χ0n) is 16.5. The van der Waals surface area contributed by atoms with E-state index in [4.69, 9.17) is 4.74 Å². The molecule has 0 spiro atoms. The average Bonchev–Trinajstić information content (AvgIpc) is 3.09. The predicted molar refractivity (Wildman–Crippen MR) is 108 cm³/mol.